The summed E-state index contributed by atoms with van der Waals surface area (Å²) < 4.78 is 0. The van der Waals surface area contributed by atoms with E-state index >= 15 is 0 Å². The van der Waals surface area contributed by atoms with Crippen LogP contribution in [0.25, 0.3) is 0 Å². The minimum absolute atomic E-state index is 0.0438. The highest BCUT2D eigenvalue weighted by molar-refractivity contribution is 5.92. The third-order valence-corrected chi connectivity index (χ3v) is 2.80. The van der Waals surface area contributed by atoms with Crippen molar-refractivity contribution in [1.29, 1.82) is 5.26 Å². The van der Waals surface area contributed by atoms with E-state index in [2.05, 4.69) is 5.32 Å². The van der Waals surface area contributed by atoms with Gasteiger partial charge < -0.3 is 10.4 Å². The molecule has 0 fully saturated rings. The molecule has 4 nitrogen and oxygen atoms in total. The molecule has 18 heavy (non-hydrogen) atoms. The van der Waals surface area contributed by atoms with Crippen molar-refractivity contribution in [3.05, 3.63) is 29.3 Å². The Hall–Kier alpha value is -1.86. The predicted octanol–water partition coefficient (Wildman–Crippen LogP) is 2.21. The van der Waals surface area contributed by atoms with Crippen molar-refractivity contribution < 1.29 is 9.90 Å². The number of anilines is 1. The Balaban J connectivity index is 2.73. The lowest BCUT2D eigenvalue weighted by atomic mass is 10.0. The summed E-state index contributed by atoms with van der Waals surface area (Å²) in [5.74, 6) is -0.198. The van der Waals surface area contributed by atoms with Gasteiger partial charge >= 0.3 is 0 Å². The van der Waals surface area contributed by atoms with Gasteiger partial charge in [0.25, 0.3) is 0 Å². The van der Waals surface area contributed by atoms with Crippen molar-refractivity contribution in [3.63, 3.8) is 0 Å². The summed E-state index contributed by atoms with van der Waals surface area (Å²) in [5.41, 5.74) is 2.01. The van der Waals surface area contributed by atoms with E-state index in [0.717, 1.165) is 5.56 Å². The lowest BCUT2D eigenvalue weighted by Crippen LogP contribution is -2.24. The molecule has 0 aliphatic carbocycles. The molecule has 0 aliphatic rings. The van der Waals surface area contributed by atoms with Gasteiger partial charge in [-0.25, -0.2) is 0 Å². The lowest BCUT2D eigenvalue weighted by Gasteiger charge is -2.14. The Kier molecular flexibility index (Phi) is 4.87. The molecule has 0 saturated carbocycles. The second-order valence-corrected chi connectivity index (χ2v) is 4.71. The third-order valence-electron chi connectivity index (χ3n) is 2.80. The standard InChI is InChI=1S/C14H18N2O2/c1-9(2)13(17)7-14(18)16-12-6-11(8-15)5-4-10(12)3/h4-6,9,13,17H,7H2,1-3H3,(H,16,18). The smallest absolute Gasteiger partial charge is 0.226 e. The number of carbonyl (C=O) groups excluding carboxylic acids is 1. The summed E-state index contributed by atoms with van der Waals surface area (Å²) in [6.45, 7) is 5.58. The minimum atomic E-state index is -0.649. The predicted molar refractivity (Wildman–Crippen MR) is 70.0 cm³/mol. The summed E-state index contributed by atoms with van der Waals surface area (Å²) in [6.07, 6.45) is -0.585. The molecule has 0 saturated heterocycles. The number of hydrogen-bond acceptors (Lipinski definition) is 3. The summed E-state index contributed by atoms with van der Waals surface area (Å²) in [6, 6.07) is 7.15. The number of rotatable bonds is 4. The average molecular weight is 246 g/mol. The molecule has 0 spiro atoms. The van der Waals surface area contributed by atoms with Crippen LogP contribution in [-0.2, 0) is 4.79 Å². The van der Waals surface area contributed by atoms with Crippen LogP contribution in [0.2, 0.25) is 0 Å². The van der Waals surface area contributed by atoms with Gasteiger partial charge in [0.15, 0.2) is 0 Å². The van der Waals surface area contributed by atoms with Crippen molar-refractivity contribution in [3.8, 4) is 6.07 Å². The van der Waals surface area contributed by atoms with Crippen molar-refractivity contribution in [1.82, 2.24) is 0 Å². The van der Waals surface area contributed by atoms with Crippen LogP contribution < -0.4 is 5.32 Å². The van der Waals surface area contributed by atoms with E-state index in [4.69, 9.17) is 5.26 Å². The zero-order chi connectivity index (χ0) is 13.7. The van der Waals surface area contributed by atoms with Gasteiger partial charge in [-0.15, -0.1) is 0 Å². The van der Waals surface area contributed by atoms with Crippen LogP contribution >= 0.6 is 0 Å². The Morgan fingerprint density at radius 3 is 2.72 bits per heavy atom. The molecule has 0 aliphatic heterocycles. The molecule has 0 heterocycles. The number of carbonyl (C=O) groups is 1. The maximum Gasteiger partial charge on any atom is 0.226 e. The Bertz CT molecular complexity index is 475. The lowest BCUT2D eigenvalue weighted by molar-refractivity contribution is -0.118. The second kappa shape index (κ2) is 6.18. The number of nitrogens with one attached hydrogen (secondary N) is 1. The minimum Gasteiger partial charge on any atom is -0.392 e. The molecule has 4 heteroatoms. The quantitative estimate of drug-likeness (QED) is 0.855. The maximum absolute atomic E-state index is 11.7. The van der Waals surface area contributed by atoms with Crippen LogP contribution in [0.15, 0.2) is 18.2 Å². The Labute approximate surface area is 107 Å². The van der Waals surface area contributed by atoms with E-state index in [-0.39, 0.29) is 18.2 Å². The van der Waals surface area contributed by atoms with Crippen molar-refractivity contribution in [2.45, 2.75) is 33.3 Å². The van der Waals surface area contributed by atoms with Crippen LogP contribution in [0.3, 0.4) is 0 Å². The SMILES string of the molecule is Cc1ccc(C#N)cc1NC(=O)CC(O)C(C)C. The van der Waals surface area contributed by atoms with Crippen molar-refractivity contribution >= 4 is 11.6 Å². The topological polar surface area (TPSA) is 73.1 Å². The van der Waals surface area contributed by atoms with E-state index in [1.807, 2.05) is 26.8 Å². The van der Waals surface area contributed by atoms with Crippen LogP contribution in [0, 0.1) is 24.2 Å². The van der Waals surface area contributed by atoms with Gasteiger partial charge in [-0.3, -0.25) is 4.79 Å². The zero-order valence-electron chi connectivity index (χ0n) is 10.9. The first-order valence-corrected chi connectivity index (χ1v) is 5.92. The van der Waals surface area contributed by atoms with Crippen LogP contribution in [-0.4, -0.2) is 17.1 Å². The first kappa shape index (κ1) is 14.2. The van der Waals surface area contributed by atoms with E-state index in [1.54, 1.807) is 18.2 Å². The fourth-order valence-corrected chi connectivity index (χ4v) is 1.45. The third kappa shape index (κ3) is 3.86. The van der Waals surface area contributed by atoms with Crippen molar-refractivity contribution in [2.75, 3.05) is 5.32 Å². The van der Waals surface area contributed by atoms with E-state index in [9.17, 15) is 9.90 Å². The van der Waals surface area contributed by atoms with E-state index in [1.165, 1.54) is 0 Å². The molecular formula is C14H18N2O2. The summed E-state index contributed by atoms with van der Waals surface area (Å²) in [5, 5.41) is 21.2. The molecule has 0 bridgehead atoms. The number of benzene rings is 1. The fourth-order valence-electron chi connectivity index (χ4n) is 1.45. The Morgan fingerprint density at radius 1 is 1.50 bits per heavy atom. The zero-order valence-corrected chi connectivity index (χ0v) is 10.9. The number of aryl methyl sites for hydroxylation is 1. The molecule has 1 aromatic carbocycles. The number of aliphatic hydroxyl groups is 1. The van der Waals surface area contributed by atoms with Gasteiger partial charge in [0.2, 0.25) is 5.91 Å². The molecule has 1 amide bonds. The molecule has 0 aromatic heterocycles. The maximum atomic E-state index is 11.7. The Morgan fingerprint density at radius 2 is 2.17 bits per heavy atom. The highest BCUT2D eigenvalue weighted by Crippen LogP contribution is 2.17. The van der Waals surface area contributed by atoms with Gasteiger partial charge in [0.1, 0.15) is 0 Å². The fraction of sp³-hybridized carbons (Fsp3) is 0.429. The number of nitrogens with zero attached hydrogens (tertiary/aromatic N) is 1. The monoisotopic (exact) mass is 246 g/mol. The molecule has 2 N–H and O–H groups in total. The van der Waals surface area contributed by atoms with Crippen molar-refractivity contribution in [2.24, 2.45) is 5.92 Å². The first-order chi connectivity index (χ1) is 8.43. The van der Waals surface area contributed by atoms with Gasteiger partial charge in [0, 0.05) is 5.69 Å². The first-order valence-electron chi connectivity index (χ1n) is 5.92. The van der Waals surface area contributed by atoms with E-state index < -0.39 is 6.10 Å². The molecule has 0 radical (unpaired) electrons. The average Bonchev–Trinajstić information content (AvgIpc) is 2.31. The second-order valence-electron chi connectivity index (χ2n) is 4.71. The summed E-state index contributed by atoms with van der Waals surface area (Å²) in [4.78, 5) is 11.7. The molecule has 1 aromatic rings. The number of nitriles is 1. The number of hydrogen-bond donors (Lipinski definition) is 2. The summed E-state index contributed by atoms with van der Waals surface area (Å²) >= 11 is 0. The number of amides is 1. The van der Waals surface area contributed by atoms with Gasteiger partial charge in [0.05, 0.1) is 24.2 Å². The normalized spacial score (nSPS) is 12.0. The van der Waals surface area contributed by atoms with Crippen LogP contribution in [0.5, 0.6) is 0 Å². The molecule has 1 rings (SSSR count). The summed E-state index contributed by atoms with van der Waals surface area (Å²) in [7, 11) is 0. The molecule has 1 atom stereocenters. The van der Waals surface area contributed by atoms with E-state index in [0.29, 0.717) is 11.3 Å². The highest BCUT2D eigenvalue weighted by atomic mass is 16.3. The van der Waals surface area contributed by atoms with Gasteiger partial charge in [-0.1, -0.05) is 19.9 Å². The highest BCUT2D eigenvalue weighted by Gasteiger charge is 2.15. The van der Waals surface area contributed by atoms with Gasteiger partial charge in [-0.05, 0) is 30.5 Å². The molecular weight excluding hydrogens is 228 g/mol. The van der Waals surface area contributed by atoms with Gasteiger partial charge in [-0.2, -0.15) is 5.26 Å². The van der Waals surface area contributed by atoms with Crippen LogP contribution in [0.4, 0.5) is 5.69 Å². The number of aliphatic hydroxyl groups excluding tert-OH is 1. The molecule has 96 valence electrons. The largest absolute Gasteiger partial charge is 0.392 e. The molecule has 1 unspecified atom stereocenters. The van der Waals surface area contributed by atoms with Crippen LogP contribution in [0.1, 0.15) is 31.4 Å².